The first-order valence-electron chi connectivity index (χ1n) is 11.0. The van der Waals surface area contributed by atoms with Crippen LogP contribution in [0.4, 0.5) is 16.2 Å². The molecule has 1 saturated heterocycles. The molecule has 2 aliphatic rings. The van der Waals surface area contributed by atoms with E-state index in [-0.39, 0.29) is 35.5 Å². The zero-order valence-electron chi connectivity index (χ0n) is 18.5. The van der Waals surface area contributed by atoms with Crippen molar-refractivity contribution >= 4 is 33.3 Å². The number of rotatable bonds is 5. The Balaban J connectivity index is 1.29. The molecule has 0 aliphatic carbocycles. The molecular weight excluding hydrogens is 442 g/mol. The molecule has 2 aliphatic heterocycles. The van der Waals surface area contributed by atoms with Crippen molar-refractivity contribution in [2.45, 2.75) is 43.2 Å². The van der Waals surface area contributed by atoms with E-state index < -0.39 is 10.0 Å². The molecule has 2 aromatic carbocycles. The number of anilines is 2. The van der Waals surface area contributed by atoms with Gasteiger partial charge >= 0.3 is 6.03 Å². The van der Waals surface area contributed by atoms with Gasteiger partial charge in [0.05, 0.1) is 11.4 Å². The van der Waals surface area contributed by atoms with Crippen molar-refractivity contribution < 1.29 is 18.0 Å². The molecule has 1 atom stereocenters. The predicted molar refractivity (Wildman–Crippen MR) is 127 cm³/mol. The highest BCUT2D eigenvalue weighted by atomic mass is 32.2. The summed E-state index contributed by atoms with van der Waals surface area (Å²) in [5, 5.41) is 11.1. The number of hydrogen-bond donors (Lipinski definition) is 3. The highest BCUT2D eigenvalue weighted by Crippen LogP contribution is 2.34. The van der Waals surface area contributed by atoms with Crippen LogP contribution in [-0.4, -0.2) is 57.0 Å². The molecule has 4 N–H and O–H groups in total. The van der Waals surface area contributed by atoms with Crippen molar-refractivity contribution in [3.05, 3.63) is 54.1 Å². The highest BCUT2D eigenvalue weighted by Gasteiger charge is 2.33. The molecule has 9 nitrogen and oxygen atoms in total. The minimum Gasteiger partial charge on any atom is -0.335 e. The number of nitrogens with one attached hydrogen (secondary N) is 2. The van der Waals surface area contributed by atoms with E-state index in [9.17, 15) is 18.0 Å². The number of urea groups is 1. The first kappa shape index (κ1) is 23.2. The highest BCUT2D eigenvalue weighted by molar-refractivity contribution is 7.89. The molecular formula is C23H29N5O4S. The number of hydrogen-bond acceptors (Lipinski definition) is 5. The van der Waals surface area contributed by atoms with Crippen LogP contribution in [0.15, 0.2) is 53.4 Å². The number of para-hydroxylation sites is 1. The Labute approximate surface area is 194 Å². The fourth-order valence-corrected chi connectivity index (χ4v) is 5.11. The SMILES string of the molecule is CC1Cc2cc(S(N)(=O)=O)ccc2N1C(=O)CN1CCC(NC(=O)Nc2ccccc2)CC1. The van der Waals surface area contributed by atoms with Crippen LogP contribution in [-0.2, 0) is 21.2 Å². The monoisotopic (exact) mass is 471 g/mol. The lowest BCUT2D eigenvalue weighted by atomic mass is 10.1. The maximum atomic E-state index is 13.1. The second-order valence-corrected chi connectivity index (χ2v) is 10.2. The van der Waals surface area contributed by atoms with Crippen LogP contribution < -0.4 is 20.7 Å². The summed E-state index contributed by atoms with van der Waals surface area (Å²) in [6.45, 7) is 3.66. The Kier molecular flexibility index (Phi) is 6.68. The molecule has 0 spiro atoms. The average molecular weight is 472 g/mol. The van der Waals surface area contributed by atoms with E-state index in [0.717, 1.165) is 29.8 Å². The van der Waals surface area contributed by atoms with Crippen molar-refractivity contribution in [1.29, 1.82) is 0 Å². The van der Waals surface area contributed by atoms with Crippen LogP contribution in [0, 0.1) is 0 Å². The number of primary sulfonamides is 1. The third-order valence-corrected chi connectivity index (χ3v) is 7.09. The zero-order chi connectivity index (χ0) is 23.6. The van der Waals surface area contributed by atoms with Crippen LogP contribution in [0.3, 0.4) is 0 Å². The first-order chi connectivity index (χ1) is 15.7. The van der Waals surface area contributed by atoms with Gasteiger partial charge in [0.25, 0.3) is 0 Å². The Morgan fingerprint density at radius 3 is 2.45 bits per heavy atom. The number of nitrogens with two attached hydrogens (primary N) is 1. The van der Waals surface area contributed by atoms with Gasteiger partial charge in [0.1, 0.15) is 0 Å². The van der Waals surface area contributed by atoms with Gasteiger partial charge in [0, 0.05) is 36.5 Å². The van der Waals surface area contributed by atoms with Crippen molar-refractivity contribution in [2.24, 2.45) is 5.14 Å². The molecule has 0 aromatic heterocycles. The van der Waals surface area contributed by atoms with Gasteiger partial charge in [0.2, 0.25) is 15.9 Å². The average Bonchev–Trinajstić information content (AvgIpc) is 3.10. The maximum Gasteiger partial charge on any atom is 0.319 e. The first-order valence-corrected chi connectivity index (χ1v) is 12.6. The third-order valence-electron chi connectivity index (χ3n) is 6.18. The Morgan fingerprint density at radius 2 is 1.79 bits per heavy atom. The lowest BCUT2D eigenvalue weighted by Crippen LogP contribution is -2.49. The van der Waals surface area contributed by atoms with Crippen molar-refractivity contribution in [3.8, 4) is 0 Å². The quantitative estimate of drug-likeness (QED) is 0.614. The largest absolute Gasteiger partial charge is 0.335 e. The standard InChI is InChI=1S/C23H29N5O4S/c1-16-13-17-14-20(33(24,31)32)7-8-21(17)28(16)22(29)15-27-11-9-19(10-12-27)26-23(30)25-18-5-3-2-4-6-18/h2-8,14,16,19H,9-13,15H2,1H3,(H2,24,31,32)(H2,25,26,30). The summed E-state index contributed by atoms with van der Waals surface area (Å²) in [4.78, 5) is 29.2. The lowest BCUT2D eigenvalue weighted by molar-refractivity contribution is -0.120. The molecule has 1 fully saturated rings. The number of likely N-dealkylation sites (tertiary alicyclic amines) is 1. The number of fused-ring (bicyclic) bond motifs is 1. The van der Waals surface area contributed by atoms with E-state index in [2.05, 4.69) is 15.5 Å². The molecule has 0 radical (unpaired) electrons. The van der Waals surface area contributed by atoms with E-state index in [1.165, 1.54) is 6.07 Å². The van der Waals surface area contributed by atoms with Crippen LogP contribution in [0.25, 0.3) is 0 Å². The summed E-state index contributed by atoms with van der Waals surface area (Å²) < 4.78 is 23.3. The molecule has 176 valence electrons. The number of benzene rings is 2. The molecule has 4 rings (SSSR count). The third kappa shape index (κ3) is 5.52. The fraction of sp³-hybridized carbons (Fsp3) is 0.391. The van der Waals surface area contributed by atoms with Crippen LogP contribution in [0.1, 0.15) is 25.3 Å². The Morgan fingerprint density at radius 1 is 1.09 bits per heavy atom. The molecule has 2 heterocycles. The molecule has 0 bridgehead atoms. The smallest absolute Gasteiger partial charge is 0.319 e. The minimum absolute atomic E-state index is 0.0159. The predicted octanol–water partition coefficient (Wildman–Crippen LogP) is 1.90. The molecule has 2 aromatic rings. The second-order valence-electron chi connectivity index (χ2n) is 8.67. The number of carbonyl (C=O) groups excluding carboxylic acids is 2. The minimum atomic E-state index is -3.78. The van der Waals surface area contributed by atoms with Crippen molar-refractivity contribution in [3.63, 3.8) is 0 Å². The number of nitrogens with zero attached hydrogens (tertiary/aromatic N) is 2. The Hall–Kier alpha value is -2.95. The van der Waals surface area contributed by atoms with Crippen molar-refractivity contribution in [1.82, 2.24) is 10.2 Å². The topological polar surface area (TPSA) is 125 Å². The molecule has 0 saturated carbocycles. The van der Waals surface area contributed by atoms with E-state index >= 15 is 0 Å². The summed E-state index contributed by atoms with van der Waals surface area (Å²) in [5.41, 5.74) is 2.30. The van der Waals surface area contributed by atoms with E-state index in [1.54, 1.807) is 17.0 Å². The van der Waals surface area contributed by atoms with Gasteiger partial charge in [-0.3, -0.25) is 9.69 Å². The lowest BCUT2D eigenvalue weighted by Gasteiger charge is -2.33. The van der Waals surface area contributed by atoms with E-state index in [0.29, 0.717) is 19.5 Å². The summed E-state index contributed by atoms with van der Waals surface area (Å²) in [7, 11) is -3.78. The summed E-state index contributed by atoms with van der Waals surface area (Å²) in [6.07, 6.45) is 2.12. The van der Waals surface area contributed by atoms with Crippen molar-refractivity contribution in [2.75, 3.05) is 29.9 Å². The number of carbonyl (C=O) groups is 2. The number of piperidine rings is 1. The van der Waals surface area contributed by atoms with Gasteiger partial charge < -0.3 is 15.5 Å². The molecule has 33 heavy (non-hydrogen) atoms. The van der Waals surface area contributed by atoms with Gasteiger partial charge in [-0.05, 0) is 62.1 Å². The molecule has 1 unspecified atom stereocenters. The normalized spacial score (nSPS) is 19.2. The van der Waals surface area contributed by atoms with E-state index in [1.807, 2.05) is 37.3 Å². The summed E-state index contributed by atoms with van der Waals surface area (Å²) >= 11 is 0. The van der Waals surface area contributed by atoms with Crippen LogP contribution >= 0.6 is 0 Å². The molecule has 3 amide bonds. The molecule has 10 heteroatoms. The van der Waals surface area contributed by atoms with Gasteiger partial charge in [-0.25, -0.2) is 18.4 Å². The van der Waals surface area contributed by atoms with Crippen LogP contribution in [0.5, 0.6) is 0 Å². The zero-order valence-corrected chi connectivity index (χ0v) is 19.3. The summed E-state index contributed by atoms with van der Waals surface area (Å²) in [6, 6.07) is 13.7. The van der Waals surface area contributed by atoms with E-state index in [4.69, 9.17) is 5.14 Å². The fourth-order valence-electron chi connectivity index (χ4n) is 4.54. The van der Waals surface area contributed by atoms with Gasteiger partial charge in [-0.2, -0.15) is 0 Å². The van der Waals surface area contributed by atoms with Gasteiger partial charge in [-0.15, -0.1) is 0 Å². The van der Waals surface area contributed by atoms with Gasteiger partial charge in [0.15, 0.2) is 0 Å². The number of sulfonamides is 1. The maximum absolute atomic E-state index is 13.1. The van der Waals surface area contributed by atoms with Crippen LogP contribution in [0.2, 0.25) is 0 Å². The Bertz CT molecular complexity index is 1130. The second kappa shape index (κ2) is 9.50. The number of amides is 3. The van der Waals surface area contributed by atoms with Gasteiger partial charge in [-0.1, -0.05) is 18.2 Å². The summed E-state index contributed by atoms with van der Waals surface area (Å²) in [5.74, 6) is -0.0159.